The van der Waals surface area contributed by atoms with Crippen LogP contribution in [0.1, 0.15) is 24.6 Å². The molecule has 0 saturated carbocycles. The lowest BCUT2D eigenvalue weighted by Gasteiger charge is -2.22. The highest BCUT2D eigenvalue weighted by Crippen LogP contribution is 2.16. The van der Waals surface area contributed by atoms with E-state index >= 15 is 0 Å². The summed E-state index contributed by atoms with van der Waals surface area (Å²) in [6.45, 7) is 10.7. The van der Waals surface area contributed by atoms with Crippen molar-refractivity contribution in [1.82, 2.24) is 15.2 Å². The molecule has 19 heavy (non-hydrogen) atoms. The highest BCUT2D eigenvalue weighted by atomic mass is 15.2. The van der Waals surface area contributed by atoms with E-state index in [2.05, 4.69) is 48.1 Å². The van der Waals surface area contributed by atoms with E-state index in [1.165, 1.54) is 18.5 Å². The second kappa shape index (κ2) is 6.87. The summed E-state index contributed by atoms with van der Waals surface area (Å²) in [6.07, 6.45) is 1.22. The van der Waals surface area contributed by atoms with Crippen molar-refractivity contribution in [3.8, 4) is 0 Å². The summed E-state index contributed by atoms with van der Waals surface area (Å²) in [6, 6.07) is 4.39. The molecule has 1 aliphatic rings. The fraction of sp³-hybridized carbons (Fsp3) is 0.667. The van der Waals surface area contributed by atoms with Crippen LogP contribution in [-0.2, 0) is 6.54 Å². The van der Waals surface area contributed by atoms with E-state index in [1.807, 2.05) is 0 Å². The lowest BCUT2D eigenvalue weighted by Crippen LogP contribution is -2.29. The molecule has 0 aromatic carbocycles. The van der Waals surface area contributed by atoms with Crippen LogP contribution in [0.2, 0.25) is 0 Å². The molecule has 1 N–H and O–H groups in total. The van der Waals surface area contributed by atoms with E-state index in [4.69, 9.17) is 4.98 Å². The maximum absolute atomic E-state index is 4.78. The fourth-order valence-electron chi connectivity index (χ4n) is 2.47. The zero-order valence-electron chi connectivity index (χ0n) is 12.4. The Kier molecular flexibility index (Phi) is 5.16. The molecule has 2 heterocycles. The molecule has 0 bridgehead atoms. The number of nitrogens with one attached hydrogen (secondary N) is 1. The second-order valence-electron chi connectivity index (χ2n) is 5.34. The first-order chi connectivity index (χ1) is 9.20. The monoisotopic (exact) mass is 262 g/mol. The van der Waals surface area contributed by atoms with Crippen molar-refractivity contribution in [3.05, 3.63) is 23.4 Å². The van der Waals surface area contributed by atoms with Gasteiger partial charge in [-0.15, -0.1) is 0 Å². The normalized spacial score (nSPS) is 17.5. The van der Waals surface area contributed by atoms with E-state index in [0.717, 1.165) is 44.2 Å². The minimum absolute atomic E-state index is 0.915. The SMILES string of the molecule is CCNCc1ccc(N2CCCN(C)CC2)nc1C. The van der Waals surface area contributed by atoms with Crippen molar-refractivity contribution in [2.24, 2.45) is 0 Å². The summed E-state index contributed by atoms with van der Waals surface area (Å²) >= 11 is 0. The third-order valence-corrected chi connectivity index (χ3v) is 3.79. The molecule has 1 fully saturated rings. The molecule has 2 rings (SSSR count). The Bertz CT molecular complexity index is 405. The van der Waals surface area contributed by atoms with Gasteiger partial charge in [0.2, 0.25) is 0 Å². The maximum atomic E-state index is 4.78. The molecule has 0 aliphatic carbocycles. The van der Waals surface area contributed by atoms with Crippen LogP contribution in [0.5, 0.6) is 0 Å². The van der Waals surface area contributed by atoms with Gasteiger partial charge >= 0.3 is 0 Å². The van der Waals surface area contributed by atoms with E-state index in [1.54, 1.807) is 0 Å². The van der Waals surface area contributed by atoms with Crippen molar-refractivity contribution in [3.63, 3.8) is 0 Å². The second-order valence-corrected chi connectivity index (χ2v) is 5.34. The van der Waals surface area contributed by atoms with E-state index in [-0.39, 0.29) is 0 Å². The molecule has 1 aromatic heterocycles. The van der Waals surface area contributed by atoms with Crippen molar-refractivity contribution in [1.29, 1.82) is 0 Å². The Balaban J connectivity index is 2.06. The number of hydrogen-bond acceptors (Lipinski definition) is 4. The van der Waals surface area contributed by atoms with Crippen molar-refractivity contribution in [2.45, 2.75) is 26.8 Å². The smallest absolute Gasteiger partial charge is 0.128 e. The van der Waals surface area contributed by atoms with Gasteiger partial charge in [-0.2, -0.15) is 0 Å². The van der Waals surface area contributed by atoms with Gasteiger partial charge in [0.1, 0.15) is 5.82 Å². The zero-order chi connectivity index (χ0) is 13.7. The topological polar surface area (TPSA) is 31.4 Å². The third-order valence-electron chi connectivity index (χ3n) is 3.79. The molecule has 1 aliphatic heterocycles. The lowest BCUT2D eigenvalue weighted by atomic mass is 10.2. The van der Waals surface area contributed by atoms with E-state index in [9.17, 15) is 0 Å². The highest BCUT2D eigenvalue weighted by molar-refractivity contribution is 5.41. The van der Waals surface area contributed by atoms with Gasteiger partial charge in [-0.25, -0.2) is 4.98 Å². The number of pyridine rings is 1. The lowest BCUT2D eigenvalue weighted by molar-refractivity contribution is 0.360. The number of likely N-dealkylation sites (N-methyl/N-ethyl adjacent to an activating group) is 1. The summed E-state index contributed by atoms with van der Waals surface area (Å²) < 4.78 is 0. The number of nitrogens with zero attached hydrogens (tertiary/aromatic N) is 3. The Hall–Kier alpha value is -1.13. The minimum atomic E-state index is 0.915. The predicted molar refractivity (Wildman–Crippen MR) is 80.7 cm³/mol. The van der Waals surface area contributed by atoms with Gasteiger partial charge in [0.15, 0.2) is 0 Å². The summed E-state index contributed by atoms with van der Waals surface area (Å²) in [7, 11) is 2.20. The number of aromatic nitrogens is 1. The quantitative estimate of drug-likeness (QED) is 0.894. The van der Waals surface area contributed by atoms with Crippen molar-refractivity contribution >= 4 is 5.82 Å². The van der Waals surface area contributed by atoms with Gasteiger partial charge in [0.25, 0.3) is 0 Å². The molecule has 0 radical (unpaired) electrons. The molecular formula is C15H26N4. The third kappa shape index (κ3) is 3.91. The predicted octanol–water partition coefficient (Wildman–Crippen LogP) is 1.64. The molecule has 0 unspecified atom stereocenters. The van der Waals surface area contributed by atoms with Gasteiger partial charge < -0.3 is 15.1 Å². The summed E-state index contributed by atoms with van der Waals surface area (Å²) in [5, 5.41) is 3.36. The number of rotatable bonds is 4. The van der Waals surface area contributed by atoms with Gasteiger partial charge in [0, 0.05) is 31.9 Å². The fourth-order valence-corrected chi connectivity index (χ4v) is 2.47. The molecule has 0 atom stereocenters. The Morgan fingerprint density at radius 1 is 1.21 bits per heavy atom. The van der Waals surface area contributed by atoms with Crippen LogP contribution < -0.4 is 10.2 Å². The average Bonchev–Trinajstić information content (AvgIpc) is 2.62. The molecule has 0 spiro atoms. The molecular weight excluding hydrogens is 236 g/mol. The van der Waals surface area contributed by atoms with Gasteiger partial charge in [-0.05, 0) is 45.1 Å². The molecule has 0 amide bonds. The first-order valence-corrected chi connectivity index (χ1v) is 7.31. The van der Waals surface area contributed by atoms with Crippen molar-refractivity contribution < 1.29 is 0 Å². The van der Waals surface area contributed by atoms with Crippen LogP contribution >= 0.6 is 0 Å². The Morgan fingerprint density at radius 2 is 2.05 bits per heavy atom. The zero-order valence-corrected chi connectivity index (χ0v) is 12.4. The van der Waals surface area contributed by atoms with Gasteiger partial charge in [-0.3, -0.25) is 0 Å². The van der Waals surface area contributed by atoms with Crippen LogP contribution in [0.15, 0.2) is 12.1 Å². The molecule has 4 heteroatoms. The minimum Gasteiger partial charge on any atom is -0.355 e. The van der Waals surface area contributed by atoms with Crippen LogP contribution in [0.4, 0.5) is 5.82 Å². The summed E-state index contributed by atoms with van der Waals surface area (Å²) in [5.41, 5.74) is 2.45. The van der Waals surface area contributed by atoms with Gasteiger partial charge in [-0.1, -0.05) is 13.0 Å². The molecule has 4 nitrogen and oxygen atoms in total. The highest BCUT2D eigenvalue weighted by Gasteiger charge is 2.14. The van der Waals surface area contributed by atoms with Crippen molar-refractivity contribution in [2.75, 3.05) is 44.7 Å². The van der Waals surface area contributed by atoms with E-state index in [0.29, 0.717) is 0 Å². The first-order valence-electron chi connectivity index (χ1n) is 7.31. The summed E-state index contributed by atoms with van der Waals surface area (Å²) in [4.78, 5) is 9.59. The summed E-state index contributed by atoms with van der Waals surface area (Å²) in [5.74, 6) is 1.13. The number of anilines is 1. The average molecular weight is 262 g/mol. The maximum Gasteiger partial charge on any atom is 0.128 e. The Morgan fingerprint density at radius 3 is 2.79 bits per heavy atom. The molecule has 106 valence electrons. The van der Waals surface area contributed by atoms with Crippen LogP contribution in [0.25, 0.3) is 0 Å². The number of aryl methyl sites for hydroxylation is 1. The molecule has 1 saturated heterocycles. The first kappa shape index (κ1) is 14.3. The van der Waals surface area contributed by atoms with Crippen LogP contribution in [-0.4, -0.2) is 49.7 Å². The van der Waals surface area contributed by atoms with Crippen LogP contribution in [0.3, 0.4) is 0 Å². The largest absolute Gasteiger partial charge is 0.355 e. The Labute approximate surface area is 116 Å². The van der Waals surface area contributed by atoms with Gasteiger partial charge in [0.05, 0.1) is 0 Å². The molecule has 1 aromatic rings. The standard InChI is InChI=1S/C15H26N4/c1-4-16-12-14-6-7-15(17-13(14)2)19-9-5-8-18(3)10-11-19/h6-7,16H,4-5,8-12H2,1-3H3. The number of hydrogen-bond donors (Lipinski definition) is 1. The van der Waals surface area contributed by atoms with E-state index < -0.39 is 0 Å². The van der Waals surface area contributed by atoms with Crippen LogP contribution in [0, 0.1) is 6.92 Å².